The Morgan fingerprint density at radius 3 is 2.47 bits per heavy atom. The van der Waals surface area contributed by atoms with E-state index in [0.29, 0.717) is 11.3 Å². The summed E-state index contributed by atoms with van der Waals surface area (Å²) < 4.78 is 4.69. The van der Waals surface area contributed by atoms with Crippen LogP contribution in [0.3, 0.4) is 0 Å². The van der Waals surface area contributed by atoms with Crippen LogP contribution in [0.15, 0.2) is 34.9 Å². The van der Waals surface area contributed by atoms with E-state index in [1.54, 1.807) is 0 Å². The van der Waals surface area contributed by atoms with Crippen LogP contribution in [-0.4, -0.2) is 15.3 Å². The number of nitro groups is 1. The fraction of sp³-hybridized carbons (Fsp3) is 0. The van der Waals surface area contributed by atoms with Gasteiger partial charge in [-0.15, -0.1) is 0 Å². The zero-order valence-corrected chi connectivity index (χ0v) is 9.05. The quantitative estimate of drug-likeness (QED) is 0.476. The topological polar surface area (TPSA) is 86.2 Å². The molecule has 1 heterocycles. The first-order valence-electron chi connectivity index (χ1n) is 4.49. The van der Waals surface area contributed by atoms with Gasteiger partial charge in [0, 0.05) is 23.8 Å². The normalized spacial score (nSPS) is 10.2. The summed E-state index contributed by atoms with van der Waals surface area (Å²) in [4.78, 5) is 20.7. The molecule has 86 valence electrons. The molecule has 0 bridgehead atoms. The molecule has 0 radical (unpaired) electrons. The van der Waals surface area contributed by atoms with Crippen LogP contribution < -0.4 is 0 Å². The summed E-state index contributed by atoms with van der Waals surface area (Å²) >= 11 is 5.21. The summed E-state index contributed by atoms with van der Waals surface area (Å²) in [6.45, 7) is 0. The highest BCUT2D eigenvalue weighted by molar-refractivity contribution is 6.67. The number of carbonyl (C=O) groups excluding carboxylic acids is 1. The van der Waals surface area contributed by atoms with Crippen molar-refractivity contribution < 1.29 is 14.2 Å². The Morgan fingerprint density at radius 2 is 2.00 bits per heavy atom. The van der Waals surface area contributed by atoms with E-state index in [9.17, 15) is 14.9 Å². The third kappa shape index (κ3) is 2.31. The standard InChI is InChI=1S/C10H5ClN2O4/c11-10(14)9-5-8(12-17-9)6-1-3-7(4-2-6)13(15)16/h1-5H. The maximum absolute atomic E-state index is 10.8. The van der Waals surface area contributed by atoms with Gasteiger partial charge < -0.3 is 4.52 Å². The third-order valence-corrected chi connectivity index (χ3v) is 2.26. The number of aromatic nitrogens is 1. The summed E-state index contributed by atoms with van der Waals surface area (Å²) in [5, 5.41) is 13.3. The Bertz CT molecular complexity index is 576. The predicted octanol–water partition coefficient (Wildman–Crippen LogP) is 2.63. The van der Waals surface area contributed by atoms with Crippen LogP contribution in [0.25, 0.3) is 11.3 Å². The molecule has 0 saturated carbocycles. The fourth-order valence-corrected chi connectivity index (χ4v) is 1.35. The van der Waals surface area contributed by atoms with Gasteiger partial charge in [-0.25, -0.2) is 0 Å². The molecule has 0 fully saturated rings. The minimum absolute atomic E-state index is 0.0223. The van der Waals surface area contributed by atoms with Crippen molar-refractivity contribution in [3.8, 4) is 11.3 Å². The second-order valence-corrected chi connectivity index (χ2v) is 3.50. The van der Waals surface area contributed by atoms with Crippen molar-refractivity contribution in [1.82, 2.24) is 5.16 Å². The van der Waals surface area contributed by atoms with E-state index >= 15 is 0 Å². The van der Waals surface area contributed by atoms with Crippen LogP contribution in [0.5, 0.6) is 0 Å². The average molecular weight is 253 g/mol. The van der Waals surface area contributed by atoms with E-state index in [4.69, 9.17) is 16.1 Å². The van der Waals surface area contributed by atoms with E-state index < -0.39 is 10.2 Å². The van der Waals surface area contributed by atoms with Gasteiger partial charge in [-0.2, -0.15) is 0 Å². The monoisotopic (exact) mass is 252 g/mol. The van der Waals surface area contributed by atoms with E-state index in [0.717, 1.165) is 0 Å². The Hall–Kier alpha value is -2.21. The zero-order valence-electron chi connectivity index (χ0n) is 8.29. The van der Waals surface area contributed by atoms with E-state index in [1.807, 2.05) is 0 Å². The smallest absolute Gasteiger partial charge is 0.290 e. The van der Waals surface area contributed by atoms with Crippen molar-refractivity contribution in [2.24, 2.45) is 0 Å². The molecule has 0 saturated heterocycles. The van der Waals surface area contributed by atoms with E-state index in [2.05, 4.69) is 5.16 Å². The lowest BCUT2D eigenvalue weighted by molar-refractivity contribution is -0.384. The van der Waals surface area contributed by atoms with Crippen molar-refractivity contribution in [3.63, 3.8) is 0 Å². The number of nitro benzene ring substituents is 1. The molecule has 0 aliphatic carbocycles. The van der Waals surface area contributed by atoms with Crippen molar-refractivity contribution in [1.29, 1.82) is 0 Å². The number of carbonyl (C=O) groups is 1. The van der Waals surface area contributed by atoms with Gasteiger partial charge in [0.2, 0.25) is 5.76 Å². The number of nitrogens with zero attached hydrogens (tertiary/aromatic N) is 2. The van der Waals surface area contributed by atoms with Gasteiger partial charge in [-0.3, -0.25) is 14.9 Å². The molecular weight excluding hydrogens is 248 g/mol. The molecule has 0 aliphatic heterocycles. The van der Waals surface area contributed by atoms with Gasteiger partial charge in [-0.1, -0.05) is 5.16 Å². The van der Waals surface area contributed by atoms with Gasteiger partial charge in [0.1, 0.15) is 5.69 Å². The first-order valence-corrected chi connectivity index (χ1v) is 4.87. The molecule has 1 aromatic heterocycles. The molecule has 0 N–H and O–H groups in total. The summed E-state index contributed by atoms with van der Waals surface area (Å²) in [5.41, 5.74) is 0.971. The summed E-state index contributed by atoms with van der Waals surface area (Å²) in [6, 6.07) is 7.08. The highest BCUT2D eigenvalue weighted by atomic mass is 35.5. The number of benzene rings is 1. The molecule has 7 heteroatoms. The van der Waals surface area contributed by atoms with Crippen LogP contribution in [0.4, 0.5) is 5.69 Å². The number of hydrogen-bond donors (Lipinski definition) is 0. The lowest BCUT2D eigenvalue weighted by Crippen LogP contribution is -1.87. The van der Waals surface area contributed by atoms with Gasteiger partial charge >= 0.3 is 0 Å². The minimum atomic E-state index is -0.745. The molecule has 0 atom stereocenters. The van der Waals surface area contributed by atoms with Crippen molar-refractivity contribution >= 4 is 22.5 Å². The third-order valence-electron chi connectivity index (χ3n) is 2.08. The van der Waals surface area contributed by atoms with Crippen molar-refractivity contribution in [2.75, 3.05) is 0 Å². The van der Waals surface area contributed by atoms with Crippen molar-refractivity contribution in [2.45, 2.75) is 0 Å². The highest BCUT2D eigenvalue weighted by Crippen LogP contribution is 2.22. The van der Waals surface area contributed by atoms with Crippen LogP contribution in [0, 0.1) is 10.1 Å². The molecule has 1 aromatic carbocycles. The summed E-state index contributed by atoms with van der Waals surface area (Å²) in [6.07, 6.45) is 0. The van der Waals surface area contributed by atoms with Gasteiger partial charge in [0.05, 0.1) is 4.92 Å². The molecule has 0 aliphatic rings. The lowest BCUT2D eigenvalue weighted by Gasteiger charge is -1.94. The minimum Gasteiger partial charge on any atom is -0.351 e. The summed E-state index contributed by atoms with van der Waals surface area (Å²) in [5.74, 6) is -0.0694. The van der Waals surface area contributed by atoms with Gasteiger partial charge in [-0.05, 0) is 23.7 Å². The van der Waals surface area contributed by atoms with Crippen molar-refractivity contribution in [3.05, 3.63) is 46.2 Å². The summed E-state index contributed by atoms with van der Waals surface area (Å²) in [7, 11) is 0. The highest BCUT2D eigenvalue weighted by Gasteiger charge is 2.12. The number of halogens is 1. The van der Waals surface area contributed by atoms with Crippen LogP contribution >= 0.6 is 11.6 Å². The zero-order chi connectivity index (χ0) is 12.4. The van der Waals surface area contributed by atoms with Gasteiger partial charge in [0.15, 0.2) is 0 Å². The molecule has 2 rings (SSSR count). The first-order chi connectivity index (χ1) is 8.08. The van der Waals surface area contributed by atoms with Crippen LogP contribution in [0.2, 0.25) is 0 Å². The molecule has 6 nitrogen and oxygen atoms in total. The van der Waals surface area contributed by atoms with E-state index in [-0.39, 0.29) is 11.4 Å². The molecule has 0 amide bonds. The fourth-order valence-electron chi connectivity index (χ4n) is 1.26. The Kier molecular flexibility index (Phi) is 2.88. The number of rotatable bonds is 3. The first kappa shape index (κ1) is 11.3. The lowest BCUT2D eigenvalue weighted by atomic mass is 10.1. The van der Waals surface area contributed by atoms with Crippen LogP contribution in [-0.2, 0) is 0 Å². The van der Waals surface area contributed by atoms with Gasteiger partial charge in [0.25, 0.3) is 10.9 Å². The van der Waals surface area contributed by atoms with E-state index in [1.165, 1.54) is 30.3 Å². The predicted molar refractivity (Wildman–Crippen MR) is 58.8 cm³/mol. The average Bonchev–Trinajstić information content (AvgIpc) is 2.78. The Morgan fingerprint density at radius 1 is 1.35 bits per heavy atom. The molecule has 2 aromatic rings. The SMILES string of the molecule is O=C(Cl)c1cc(-c2ccc([N+](=O)[O-])cc2)no1. The maximum atomic E-state index is 10.8. The molecule has 17 heavy (non-hydrogen) atoms. The second-order valence-electron chi connectivity index (χ2n) is 3.15. The second kappa shape index (κ2) is 4.34. The Labute approximate surface area is 99.9 Å². The number of hydrogen-bond acceptors (Lipinski definition) is 5. The molecular formula is C10H5ClN2O4. The number of non-ortho nitro benzene ring substituents is 1. The Balaban J connectivity index is 2.33. The largest absolute Gasteiger partial charge is 0.351 e. The molecule has 0 spiro atoms. The van der Waals surface area contributed by atoms with Crippen LogP contribution in [0.1, 0.15) is 10.6 Å². The maximum Gasteiger partial charge on any atom is 0.290 e. The molecule has 0 unspecified atom stereocenters.